The zero-order valence-electron chi connectivity index (χ0n) is 8.32. The number of pyridine rings is 1. The van der Waals surface area contributed by atoms with Crippen molar-refractivity contribution >= 4 is 35.0 Å². The van der Waals surface area contributed by atoms with Crippen molar-refractivity contribution in [3.8, 4) is 0 Å². The molecule has 16 heavy (non-hydrogen) atoms. The largest absolute Gasteiger partial charge is 0.248 e. The van der Waals surface area contributed by atoms with Crippen LogP contribution in [0.3, 0.4) is 0 Å². The Hall–Kier alpha value is -0.840. The van der Waals surface area contributed by atoms with E-state index in [9.17, 15) is 0 Å². The van der Waals surface area contributed by atoms with Crippen LogP contribution in [0.5, 0.6) is 0 Å². The molecule has 0 fully saturated rings. The van der Waals surface area contributed by atoms with Crippen LogP contribution in [0.4, 0.5) is 0 Å². The molecule has 0 bridgehead atoms. The Kier molecular flexibility index (Phi) is 3.63. The number of hydrogen-bond donors (Lipinski definition) is 0. The Bertz CT molecular complexity index is 519. The lowest BCUT2D eigenvalue weighted by molar-refractivity contribution is 0.997. The standard InChI is InChI=1S/C10H7Cl2N3S/c1-6-8(12)14-5-15-9(6)16-10-7(11)3-2-4-13-10/h2-5H,1H3. The van der Waals surface area contributed by atoms with Gasteiger partial charge in [-0.15, -0.1) is 0 Å². The van der Waals surface area contributed by atoms with Gasteiger partial charge in [-0.05, 0) is 30.8 Å². The van der Waals surface area contributed by atoms with Crippen LogP contribution in [-0.2, 0) is 0 Å². The van der Waals surface area contributed by atoms with Crippen molar-refractivity contribution in [1.82, 2.24) is 15.0 Å². The van der Waals surface area contributed by atoms with Crippen LogP contribution in [0, 0.1) is 6.92 Å². The minimum absolute atomic E-state index is 0.449. The molecule has 0 aliphatic carbocycles. The molecule has 0 aliphatic rings. The highest BCUT2D eigenvalue weighted by Gasteiger charge is 2.09. The van der Waals surface area contributed by atoms with E-state index in [1.54, 1.807) is 18.3 Å². The third-order valence-electron chi connectivity index (χ3n) is 1.89. The molecule has 0 atom stereocenters. The Labute approximate surface area is 107 Å². The molecule has 0 aliphatic heterocycles. The zero-order valence-corrected chi connectivity index (χ0v) is 10.6. The highest BCUT2D eigenvalue weighted by Crippen LogP contribution is 2.32. The Morgan fingerprint density at radius 1 is 1.12 bits per heavy atom. The predicted octanol–water partition coefficient (Wildman–Crippen LogP) is 3.64. The summed E-state index contributed by atoms with van der Waals surface area (Å²) in [6.45, 7) is 1.86. The topological polar surface area (TPSA) is 38.7 Å². The van der Waals surface area contributed by atoms with E-state index in [1.807, 2.05) is 6.92 Å². The van der Waals surface area contributed by atoms with Crippen LogP contribution in [0.2, 0.25) is 10.2 Å². The number of nitrogens with zero attached hydrogens (tertiary/aromatic N) is 3. The maximum Gasteiger partial charge on any atom is 0.136 e. The number of rotatable bonds is 2. The van der Waals surface area contributed by atoms with Crippen LogP contribution in [0.1, 0.15) is 5.56 Å². The van der Waals surface area contributed by atoms with Gasteiger partial charge in [-0.25, -0.2) is 15.0 Å². The minimum Gasteiger partial charge on any atom is -0.248 e. The molecule has 6 heteroatoms. The number of halogens is 2. The Morgan fingerprint density at radius 3 is 2.69 bits per heavy atom. The van der Waals surface area contributed by atoms with Crippen LogP contribution < -0.4 is 0 Å². The van der Waals surface area contributed by atoms with Crippen LogP contribution in [0.25, 0.3) is 0 Å². The Morgan fingerprint density at radius 2 is 1.94 bits per heavy atom. The molecular formula is C10H7Cl2N3S. The molecule has 0 saturated carbocycles. The molecule has 82 valence electrons. The van der Waals surface area contributed by atoms with Crippen molar-refractivity contribution in [2.45, 2.75) is 17.0 Å². The normalized spacial score (nSPS) is 10.4. The summed E-state index contributed by atoms with van der Waals surface area (Å²) in [6.07, 6.45) is 3.11. The summed E-state index contributed by atoms with van der Waals surface area (Å²) in [6, 6.07) is 3.57. The zero-order chi connectivity index (χ0) is 11.5. The monoisotopic (exact) mass is 271 g/mol. The fourth-order valence-corrected chi connectivity index (χ4v) is 2.29. The smallest absolute Gasteiger partial charge is 0.136 e. The molecule has 0 spiro atoms. The van der Waals surface area contributed by atoms with E-state index >= 15 is 0 Å². The molecule has 2 aromatic rings. The van der Waals surface area contributed by atoms with E-state index in [0.717, 1.165) is 10.6 Å². The lowest BCUT2D eigenvalue weighted by atomic mass is 10.4. The maximum atomic E-state index is 6.01. The fraction of sp³-hybridized carbons (Fsp3) is 0.100. The molecule has 0 N–H and O–H groups in total. The molecule has 0 unspecified atom stereocenters. The van der Waals surface area contributed by atoms with Crippen LogP contribution in [-0.4, -0.2) is 15.0 Å². The van der Waals surface area contributed by atoms with Gasteiger partial charge in [0.05, 0.1) is 5.02 Å². The van der Waals surface area contributed by atoms with E-state index in [0.29, 0.717) is 15.2 Å². The van der Waals surface area contributed by atoms with Crippen LogP contribution in [0.15, 0.2) is 34.7 Å². The second-order valence-electron chi connectivity index (χ2n) is 2.99. The molecule has 0 aromatic carbocycles. The SMILES string of the molecule is Cc1c(Cl)ncnc1Sc1ncccc1Cl. The van der Waals surface area contributed by atoms with Crippen LogP contribution >= 0.6 is 35.0 Å². The average molecular weight is 272 g/mol. The second-order valence-corrected chi connectivity index (χ2v) is 4.73. The third kappa shape index (κ3) is 2.45. The summed E-state index contributed by atoms with van der Waals surface area (Å²) in [5.74, 6) is 0. The molecular weight excluding hydrogens is 265 g/mol. The summed E-state index contributed by atoms with van der Waals surface area (Å²) < 4.78 is 0. The van der Waals surface area contributed by atoms with Crippen molar-refractivity contribution in [3.05, 3.63) is 40.4 Å². The van der Waals surface area contributed by atoms with Crippen molar-refractivity contribution in [2.24, 2.45) is 0 Å². The van der Waals surface area contributed by atoms with E-state index in [-0.39, 0.29) is 0 Å². The summed E-state index contributed by atoms with van der Waals surface area (Å²) in [5, 5.41) is 2.52. The summed E-state index contributed by atoms with van der Waals surface area (Å²) in [7, 11) is 0. The molecule has 0 saturated heterocycles. The first-order chi connectivity index (χ1) is 7.68. The van der Waals surface area contributed by atoms with E-state index in [1.165, 1.54) is 18.1 Å². The van der Waals surface area contributed by atoms with E-state index < -0.39 is 0 Å². The number of aromatic nitrogens is 3. The van der Waals surface area contributed by atoms with Gasteiger partial charge in [0, 0.05) is 11.8 Å². The molecule has 0 amide bonds. The van der Waals surface area contributed by atoms with Gasteiger partial charge in [-0.1, -0.05) is 23.2 Å². The summed E-state index contributed by atoms with van der Waals surface area (Å²) in [4.78, 5) is 12.2. The first kappa shape index (κ1) is 11.6. The van der Waals surface area contributed by atoms with E-state index in [2.05, 4.69) is 15.0 Å². The van der Waals surface area contributed by atoms with Crippen molar-refractivity contribution in [1.29, 1.82) is 0 Å². The lowest BCUT2D eigenvalue weighted by Gasteiger charge is -2.05. The number of hydrogen-bond acceptors (Lipinski definition) is 4. The van der Waals surface area contributed by atoms with Crippen molar-refractivity contribution < 1.29 is 0 Å². The van der Waals surface area contributed by atoms with Gasteiger partial charge in [0.2, 0.25) is 0 Å². The molecule has 2 heterocycles. The van der Waals surface area contributed by atoms with Crippen molar-refractivity contribution in [2.75, 3.05) is 0 Å². The summed E-state index contributed by atoms with van der Waals surface area (Å²) >= 11 is 13.3. The van der Waals surface area contributed by atoms with Gasteiger partial charge in [-0.3, -0.25) is 0 Å². The third-order valence-corrected chi connectivity index (χ3v) is 3.82. The Balaban J connectivity index is 2.35. The maximum absolute atomic E-state index is 6.01. The van der Waals surface area contributed by atoms with Crippen molar-refractivity contribution in [3.63, 3.8) is 0 Å². The van der Waals surface area contributed by atoms with Gasteiger partial charge in [0.1, 0.15) is 21.5 Å². The highest BCUT2D eigenvalue weighted by atomic mass is 35.5. The first-order valence-electron chi connectivity index (χ1n) is 4.44. The van der Waals surface area contributed by atoms with Gasteiger partial charge in [0.15, 0.2) is 0 Å². The lowest BCUT2D eigenvalue weighted by Crippen LogP contribution is -1.90. The van der Waals surface area contributed by atoms with E-state index in [4.69, 9.17) is 23.2 Å². The van der Waals surface area contributed by atoms with Gasteiger partial charge < -0.3 is 0 Å². The first-order valence-corrected chi connectivity index (χ1v) is 6.01. The predicted molar refractivity (Wildman–Crippen MR) is 65.1 cm³/mol. The molecule has 3 nitrogen and oxygen atoms in total. The molecule has 2 aromatic heterocycles. The summed E-state index contributed by atoms with van der Waals surface area (Å²) in [5.41, 5.74) is 0.830. The molecule has 2 rings (SSSR count). The van der Waals surface area contributed by atoms with Gasteiger partial charge in [0.25, 0.3) is 0 Å². The highest BCUT2D eigenvalue weighted by molar-refractivity contribution is 7.99. The fourth-order valence-electron chi connectivity index (χ4n) is 1.05. The quantitative estimate of drug-likeness (QED) is 0.782. The van der Waals surface area contributed by atoms with Gasteiger partial charge >= 0.3 is 0 Å². The average Bonchev–Trinajstić information content (AvgIpc) is 2.28. The molecule has 0 radical (unpaired) electrons. The second kappa shape index (κ2) is 4.99. The minimum atomic E-state index is 0.449. The van der Waals surface area contributed by atoms with Gasteiger partial charge in [-0.2, -0.15) is 0 Å².